The molecule has 0 aliphatic heterocycles. The van der Waals surface area contributed by atoms with Crippen molar-refractivity contribution < 1.29 is 9.53 Å². The van der Waals surface area contributed by atoms with Crippen LogP contribution in [0.15, 0.2) is 12.7 Å². The van der Waals surface area contributed by atoms with Crippen LogP contribution in [-0.2, 0) is 9.53 Å². The van der Waals surface area contributed by atoms with Crippen molar-refractivity contribution in [3.05, 3.63) is 12.7 Å². The van der Waals surface area contributed by atoms with Gasteiger partial charge in [0.2, 0.25) is 0 Å². The summed E-state index contributed by atoms with van der Waals surface area (Å²) >= 11 is 0. The van der Waals surface area contributed by atoms with E-state index in [-0.39, 0.29) is 12.1 Å². The van der Waals surface area contributed by atoms with Crippen LogP contribution in [0.4, 0.5) is 0 Å². The molecular weight excluding hydrogens is 260 g/mol. The fourth-order valence-corrected chi connectivity index (χ4v) is 2.91. The van der Waals surface area contributed by atoms with Crippen molar-refractivity contribution in [2.24, 2.45) is 11.8 Å². The van der Waals surface area contributed by atoms with Gasteiger partial charge in [0.15, 0.2) is 0 Å². The lowest BCUT2D eigenvalue weighted by Gasteiger charge is -2.27. The first-order valence-electron chi connectivity index (χ1n) is 8.91. The van der Waals surface area contributed by atoms with Crippen molar-refractivity contribution in [1.82, 2.24) is 0 Å². The second-order valence-corrected chi connectivity index (χ2v) is 6.30. The van der Waals surface area contributed by atoms with E-state index in [4.69, 9.17) is 4.74 Å². The normalized spacial score (nSPS) is 15.2. The van der Waals surface area contributed by atoms with Gasteiger partial charge < -0.3 is 4.74 Å². The first-order chi connectivity index (χ1) is 10.1. The maximum Gasteiger partial charge on any atom is 0.330 e. The molecule has 0 amide bonds. The van der Waals surface area contributed by atoms with Crippen molar-refractivity contribution >= 4 is 5.97 Å². The summed E-state index contributed by atoms with van der Waals surface area (Å²) < 4.78 is 5.60. The van der Waals surface area contributed by atoms with Gasteiger partial charge in [-0.15, -0.1) is 0 Å². The zero-order valence-electron chi connectivity index (χ0n) is 14.7. The minimum Gasteiger partial charge on any atom is -0.459 e. The number of unbranched alkanes of at least 4 members (excludes halogenated alkanes) is 3. The van der Waals surface area contributed by atoms with Crippen LogP contribution in [0.3, 0.4) is 0 Å². The molecule has 21 heavy (non-hydrogen) atoms. The van der Waals surface area contributed by atoms with E-state index >= 15 is 0 Å². The van der Waals surface area contributed by atoms with Gasteiger partial charge in [0, 0.05) is 6.08 Å². The molecule has 0 aliphatic rings. The smallest absolute Gasteiger partial charge is 0.330 e. The van der Waals surface area contributed by atoms with Crippen molar-refractivity contribution in [2.75, 3.05) is 0 Å². The summed E-state index contributed by atoms with van der Waals surface area (Å²) in [5, 5.41) is 0. The van der Waals surface area contributed by atoms with E-state index in [2.05, 4.69) is 34.3 Å². The number of hydrogen-bond donors (Lipinski definition) is 0. The third-order valence-corrected chi connectivity index (χ3v) is 4.41. The fraction of sp³-hybridized carbons (Fsp3) is 0.842. The van der Waals surface area contributed by atoms with Gasteiger partial charge in [0.25, 0.3) is 0 Å². The third kappa shape index (κ3) is 9.71. The summed E-state index contributed by atoms with van der Waals surface area (Å²) in [5.41, 5.74) is 0. The predicted octanol–water partition coefficient (Wildman–Crippen LogP) is 5.91. The highest BCUT2D eigenvalue weighted by molar-refractivity contribution is 5.81. The van der Waals surface area contributed by atoms with E-state index in [0.717, 1.165) is 25.2 Å². The summed E-state index contributed by atoms with van der Waals surface area (Å²) in [6.45, 7) is 12.5. The summed E-state index contributed by atoms with van der Waals surface area (Å²) in [6, 6.07) is 0. The van der Waals surface area contributed by atoms with Gasteiger partial charge in [-0.3, -0.25) is 0 Å². The lowest BCUT2D eigenvalue weighted by Crippen LogP contribution is -2.26. The van der Waals surface area contributed by atoms with Crippen LogP contribution >= 0.6 is 0 Å². The van der Waals surface area contributed by atoms with Gasteiger partial charge in [-0.25, -0.2) is 4.79 Å². The molecule has 0 radical (unpaired) electrons. The summed E-state index contributed by atoms with van der Waals surface area (Å²) in [6.07, 6.45) is 12.1. The molecule has 2 nitrogen and oxygen atoms in total. The van der Waals surface area contributed by atoms with Crippen LogP contribution in [0.25, 0.3) is 0 Å². The van der Waals surface area contributed by atoms with Crippen molar-refractivity contribution in [2.45, 2.75) is 91.6 Å². The Bertz CT molecular complexity index is 273. The fourth-order valence-electron chi connectivity index (χ4n) is 2.91. The van der Waals surface area contributed by atoms with Crippen LogP contribution < -0.4 is 0 Å². The lowest BCUT2D eigenvalue weighted by atomic mass is 9.85. The summed E-state index contributed by atoms with van der Waals surface area (Å²) in [7, 11) is 0. The van der Waals surface area contributed by atoms with Crippen LogP contribution in [0.1, 0.15) is 85.5 Å². The molecule has 3 atom stereocenters. The highest BCUT2D eigenvalue weighted by Crippen LogP contribution is 2.27. The molecule has 0 rings (SSSR count). The number of ether oxygens (including phenoxy) is 1. The van der Waals surface area contributed by atoms with Crippen LogP contribution in [0.5, 0.6) is 0 Å². The first-order valence-corrected chi connectivity index (χ1v) is 8.91. The number of carbonyl (C=O) groups is 1. The molecule has 0 aliphatic carbocycles. The molecule has 2 heteroatoms. The largest absolute Gasteiger partial charge is 0.459 e. The Kier molecular flexibility index (Phi) is 12.4. The standard InChI is InChI=1S/C19H36O2/c1-6-10-12-14-18(21-19(20)9-4)16(5)15-17(8-3)13-11-7-2/h9,16-18H,4,6-8,10-15H2,1-3,5H3. The molecule has 3 unspecified atom stereocenters. The second-order valence-electron chi connectivity index (χ2n) is 6.30. The highest BCUT2D eigenvalue weighted by Gasteiger charge is 2.23. The number of hydrogen-bond acceptors (Lipinski definition) is 2. The molecular formula is C19H36O2. The molecule has 0 fully saturated rings. The molecule has 0 heterocycles. The summed E-state index contributed by atoms with van der Waals surface area (Å²) in [4.78, 5) is 11.5. The monoisotopic (exact) mass is 296 g/mol. The minimum absolute atomic E-state index is 0.0535. The maximum absolute atomic E-state index is 11.5. The van der Waals surface area contributed by atoms with Crippen molar-refractivity contribution in [3.8, 4) is 0 Å². The zero-order chi connectivity index (χ0) is 16.1. The van der Waals surface area contributed by atoms with E-state index in [1.165, 1.54) is 44.6 Å². The first kappa shape index (κ1) is 20.2. The van der Waals surface area contributed by atoms with Crippen LogP contribution in [0.2, 0.25) is 0 Å². The van der Waals surface area contributed by atoms with E-state index in [9.17, 15) is 4.79 Å². The quantitative estimate of drug-likeness (QED) is 0.240. The molecule has 0 saturated heterocycles. The van der Waals surface area contributed by atoms with Crippen molar-refractivity contribution in [1.29, 1.82) is 0 Å². The second kappa shape index (κ2) is 12.9. The Morgan fingerprint density at radius 2 is 1.76 bits per heavy atom. The number of esters is 1. The number of carbonyl (C=O) groups excluding carboxylic acids is 1. The summed E-state index contributed by atoms with van der Waals surface area (Å²) in [5.74, 6) is 0.925. The van der Waals surface area contributed by atoms with Crippen molar-refractivity contribution in [3.63, 3.8) is 0 Å². The minimum atomic E-state index is -0.273. The Morgan fingerprint density at radius 1 is 1.10 bits per heavy atom. The molecule has 0 aromatic heterocycles. The van der Waals surface area contributed by atoms with Gasteiger partial charge in [-0.1, -0.05) is 72.8 Å². The zero-order valence-corrected chi connectivity index (χ0v) is 14.7. The van der Waals surface area contributed by atoms with Gasteiger partial charge in [0.1, 0.15) is 6.10 Å². The molecule has 0 bridgehead atoms. The molecule has 0 spiro atoms. The molecule has 0 aromatic carbocycles. The molecule has 0 aromatic rings. The Hall–Kier alpha value is -0.790. The average molecular weight is 296 g/mol. The average Bonchev–Trinajstić information content (AvgIpc) is 2.49. The maximum atomic E-state index is 11.5. The van der Waals surface area contributed by atoms with Gasteiger partial charge in [-0.05, 0) is 31.1 Å². The third-order valence-electron chi connectivity index (χ3n) is 4.41. The van der Waals surface area contributed by atoms with E-state index < -0.39 is 0 Å². The van der Waals surface area contributed by atoms with Gasteiger partial charge >= 0.3 is 5.97 Å². The van der Waals surface area contributed by atoms with E-state index in [0.29, 0.717) is 5.92 Å². The Balaban J connectivity index is 4.47. The SMILES string of the molecule is C=CC(=O)OC(CCCCC)C(C)CC(CC)CCCC. The topological polar surface area (TPSA) is 26.3 Å². The number of rotatable bonds is 13. The van der Waals surface area contributed by atoms with Gasteiger partial charge in [-0.2, -0.15) is 0 Å². The van der Waals surface area contributed by atoms with Crippen LogP contribution in [-0.4, -0.2) is 12.1 Å². The molecule has 124 valence electrons. The van der Waals surface area contributed by atoms with E-state index in [1.807, 2.05) is 0 Å². The lowest BCUT2D eigenvalue weighted by molar-refractivity contribution is -0.146. The van der Waals surface area contributed by atoms with Gasteiger partial charge in [0.05, 0.1) is 0 Å². The predicted molar refractivity (Wildman–Crippen MR) is 91.3 cm³/mol. The van der Waals surface area contributed by atoms with E-state index in [1.54, 1.807) is 0 Å². The highest BCUT2D eigenvalue weighted by atomic mass is 16.5. The molecule has 0 N–H and O–H groups in total. The molecule has 0 saturated carbocycles. The van der Waals surface area contributed by atoms with Crippen LogP contribution in [0, 0.1) is 11.8 Å². The Morgan fingerprint density at radius 3 is 2.29 bits per heavy atom. The Labute approximate surface area is 132 Å².